The predicted molar refractivity (Wildman–Crippen MR) is 71.9 cm³/mol. The Balaban J connectivity index is 2.97. The fraction of sp³-hybridized carbons (Fsp3) is 0.600. The summed E-state index contributed by atoms with van der Waals surface area (Å²) in [7, 11) is 1.72. The first-order valence-electron chi connectivity index (χ1n) is 6.61. The zero-order chi connectivity index (χ0) is 12.7. The van der Waals surface area contributed by atoms with Gasteiger partial charge >= 0.3 is 0 Å². The zero-order valence-electron chi connectivity index (χ0n) is 11.3. The Morgan fingerprint density at radius 3 is 1.82 bits per heavy atom. The van der Waals surface area contributed by atoms with Crippen molar-refractivity contribution in [1.29, 1.82) is 0 Å². The zero-order valence-corrected chi connectivity index (χ0v) is 11.3. The van der Waals surface area contributed by atoms with Crippen molar-refractivity contribution in [1.82, 2.24) is 0 Å². The molecule has 2 nitrogen and oxygen atoms in total. The summed E-state index contributed by atoms with van der Waals surface area (Å²) in [6.45, 7) is 4.35. The van der Waals surface area contributed by atoms with E-state index in [4.69, 9.17) is 4.74 Å². The summed E-state index contributed by atoms with van der Waals surface area (Å²) >= 11 is 0. The molecule has 1 rings (SSSR count). The van der Waals surface area contributed by atoms with E-state index in [-0.39, 0.29) is 0 Å². The maximum Gasteiger partial charge on any atom is 0.125 e. The maximum absolute atomic E-state index is 9.76. The highest BCUT2D eigenvalue weighted by atomic mass is 16.5. The number of aryl methyl sites for hydroxylation is 2. The van der Waals surface area contributed by atoms with E-state index in [2.05, 4.69) is 13.8 Å². The molecule has 0 aromatic heterocycles. The third-order valence-corrected chi connectivity index (χ3v) is 3.03. The van der Waals surface area contributed by atoms with Gasteiger partial charge in [0.15, 0.2) is 0 Å². The standard InChI is InChI=1S/C15H24O2/c1-4-6-8-12-10-14(16)11-13(9-7-5-2)15(12)17-3/h10-11,16H,4-9H2,1-3H3. The first-order chi connectivity index (χ1) is 8.22. The summed E-state index contributed by atoms with van der Waals surface area (Å²) in [5, 5.41) is 9.76. The molecule has 0 fully saturated rings. The van der Waals surface area contributed by atoms with Crippen LogP contribution in [0.4, 0.5) is 0 Å². The SMILES string of the molecule is CCCCc1cc(O)cc(CCCC)c1OC. The molecule has 0 spiro atoms. The van der Waals surface area contributed by atoms with Crippen LogP contribution in [0.5, 0.6) is 11.5 Å². The molecule has 0 bridgehead atoms. The molecule has 0 unspecified atom stereocenters. The van der Waals surface area contributed by atoms with Crippen LogP contribution in [0.15, 0.2) is 12.1 Å². The van der Waals surface area contributed by atoms with Crippen LogP contribution in [0.25, 0.3) is 0 Å². The molecular formula is C15H24O2. The lowest BCUT2D eigenvalue weighted by Crippen LogP contribution is -1.98. The Morgan fingerprint density at radius 1 is 1.00 bits per heavy atom. The monoisotopic (exact) mass is 236 g/mol. The van der Waals surface area contributed by atoms with E-state index in [0.29, 0.717) is 5.75 Å². The van der Waals surface area contributed by atoms with Gasteiger partial charge in [-0.1, -0.05) is 26.7 Å². The molecule has 0 saturated carbocycles. The molecule has 0 aliphatic rings. The van der Waals surface area contributed by atoms with Gasteiger partial charge in [0.05, 0.1) is 7.11 Å². The first kappa shape index (κ1) is 13.9. The van der Waals surface area contributed by atoms with Crippen LogP contribution in [0.3, 0.4) is 0 Å². The average molecular weight is 236 g/mol. The normalized spacial score (nSPS) is 10.5. The molecular weight excluding hydrogens is 212 g/mol. The smallest absolute Gasteiger partial charge is 0.125 e. The van der Waals surface area contributed by atoms with Gasteiger partial charge < -0.3 is 9.84 Å². The van der Waals surface area contributed by atoms with Crippen LogP contribution in [0, 0.1) is 0 Å². The van der Waals surface area contributed by atoms with Crippen molar-refractivity contribution in [3.63, 3.8) is 0 Å². The molecule has 0 aliphatic heterocycles. The van der Waals surface area contributed by atoms with Gasteiger partial charge in [0.1, 0.15) is 11.5 Å². The van der Waals surface area contributed by atoms with E-state index < -0.39 is 0 Å². The summed E-state index contributed by atoms with van der Waals surface area (Å²) < 4.78 is 5.51. The highest BCUT2D eigenvalue weighted by Gasteiger charge is 2.10. The average Bonchev–Trinajstić information content (AvgIpc) is 2.33. The van der Waals surface area contributed by atoms with Crippen LogP contribution >= 0.6 is 0 Å². The van der Waals surface area contributed by atoms with E-state index in [9.17, 15) is 5.11 Å². The minimum absolute atomic E-state index is 0.364. The minimum Gasteiger partial charge on any atom is -0.508 e. The number of phenols is 1. The quantitative estimate of drug-likeness (QED) is 0.772. The van der Waals surface area contributed by atoms with Gasteiger partial charge in [-0.3, -0.25) is 0 Å². The lowest BCUT2D eigenvalue weighted by atomic mass is 9.99. The van der Waals surface area contributed by atoms with E-state index in [1.165, 1.54) is 0 Å². The van der Waals surface area contributed by atoms with E-state index in [1.807, 2.05) is 12.1 Å². The van der Waals surface area contributed by atoms with Gasteiger partial charge in [0.25, 0.3) is 0 Å². The van der Waals surface area contributed by atoms with E-state index in [1.54, 1.807) is 7.11 Å². The summed E-state index contributed by atoms with van der Waals surface area (Å²) in [4.78, 5) is 0. The van der Waals surface area contributed by atoms with Crippen LogP contribution < -0.4 is 4.74 Å². The highest BCUT2D eigenvalue weighted by molar-refractivity contribution is 5.47. The highest BCUT2D eigenvalue weighted by Crippen LogP contribution is 2.31. The number of phenolic OH excluding ortho intramolecular Hbond substituents is 1. The topological polar surface area (TPSA) is 29.5 Å². The summed E-state index contributed by atoms with van der Waals surface area (Å²) in [5.74, 6) is 1.34. The Bertz CT molecular complexity index is 316. The van der Waals surface area contributed by atoms with Crippen molar-refractivity contribution in [3.8, 4) is 11.5 Å². The molecule has 0 amide bonds. The molecule has 0 radical (unpaired) electrons. The fourth-order valence-electron chi connectivity index (χ4n) is 2.10. The molecule has 96 valence electrons. The third kappa shape index (κ3) is 3.95. The second-order valence-corrected chi connectivity index (χ2v) is 4.50. The second-order valence-electron chi connectivity index (χ2n) is 4.50. The van der Waals surface area contributed by atoms with Gasteiger partial charge in [0, 0.05) is 0 Å². The Kier molecular flexibility index (Phi) is 5.88. The van der Waals surface area contributed by atoms with E-state index in [0.717, 1.165) is 55.4 Å². The van der Waals surface area contributed by atoms with Gasteiger partial charge in [0.2, 0.25) is 0 Å². The number of unbranched alkanes of at least 4 members (excludes halogenated alkanes) is 2. The van der Waals surface area contributed by atoms with Crippen molar-refractivity contribution in [2.24, 2.45) is 0 Å². The first-order valence-corrected chi connectivity index (χ1v) is 6.61. The third-order valence-electron chi connectivity index (χ3n) is 3.03. The molecule has 1 aromatic rings. The van der Waals surface area contributed by atoms with E-state index >= 15 is 0 Å². The minimum atomic E-state index is 0.364. The summed E-state index contributed by atoms with van der Waals surface area (Å²) in [6, 6.07) is 3.67. The van der Waals surface area contributed by atoms with Crippen molar-refractivity contribution >= 4 is 0 Å². The number of ether oxygens (including phenoxy) is 1. The molecule has 1 aromatic carbocycles. The lowest BCUT2D eigenvalue weighted by molar-refractivity contribution is 0.400. The van der Waals surface area contributed by atoms with Gasteiger partial charge in [-0.2, -0.15) is 0 Å². The van der Waals surface area contributed by atoms with Crippen molar-refractivity contribution in [2.45, 2.75) is 52.4 Å². The molecule has 2 heteroatoms. The van der Waals surface area contributed by atoms with Gasteiger partial charge in [-0.05, 0) is 48.9 Å². The summed E-state index contributed by atoms with van der Waals surface area (Å²) in [5.41, 5.74) is 2.28. The second kappa shape index (κ2) is 7.21. The molecule has 0 saturated heterocycles. The van der Waals surface area contributed by atoms with Crippen molar-refractivity contribution in [2.75, 3.05) is 7.11 Å². The number of hydrogen-bond donors (Lipinski definition) is 1. The van der Waals surface area contributed by atoms with Crippen LogP contribution in [0.1, 0.15) is 50.7 Å². The summed E-state index contributed by atoms with van der Waals surface area (Å²) in [6.07, 6.45) is 6.53. The van der Waals surface area contributed by atoms with Crippen molar-refractivity contribution in [3.05, 3.63) is 23.3 Å². The molecule has 1 N–H and O–H groups in total. The lowest BCUT2D eigenvalue weighted by Gasteiger charge is -2.14. The molecule has 0 aliphatic carbocycles. The van der Waals surface area contributed by atoms with Crippen LogP contribution in [-0.4, -0.2) is 12.2 Å². The number of hydrogen-bond acceptors (Lipinski definition) is 2. The van der Waals surface area contributed by atoms with Crippen LogP contribution in [-0.2, 0) is 12.8 Å². The van der Waals surface area contributed by atoms with Gasteiger partial charge in [-0.25, -0.2) is 0 Å². The number of aromatic hydroxyl groups is 1. The van der Waals surface area contributed by atoms with Gasteiger partial charge in [-0.15, -0.1) is 0 Å². The Morgan fingerprint density at radius 2 is 1.47 bits per heavy atom. The molecule has 0 atom stereocenters. The molecule has 17 heavy (non-hydrogen) atoms. The molecule has 0 heterocycles. The van der Waals surface area contributed by atoms with Crippen LogP contribution in [0.2, 0.25) is 0 Å². The Labute approximate surface area is 105 Å². The predicted octanol–water partition coefficient (Wildman–Crippen LogP) is 4.09. The number of benzene rings is 1. The van der Waals surface area contributed by atoms with Crippen molar-refractivity contribution < 1.29 is 9.84 Å². The fourth-order valence-corrected chi connectivity index (χ4v) is 2.10. The largest absolute Gasteiger partial charge is 0.508 e. The number of methoxy groups -OCH3 is 1. The number of rotatable bonds is 7. The maximum atomic E-state index is 9.76. The Hall–Kier alpha value is -1.18.